The summed E-state index contributed by atoms with van der Waals surface area (Å²) >= 11 is 7.14. The Balaban J connectivity index is 1.31. The zero-order valence-electron chi connectivity index (χ0n) is 24.2. The van der Waals surface area contributed by atoms with Crippen LogP contribution in [-0.2, 0) is 6.42 Å². The number of rotatable bonds is 20. The molecule has 212 valence electrons. The van der Waals surface area contributed by atoms with Gasteiger partial charge in [0.1, 0.15) is 0 Å². The van der Waals surface area contributed by atoms with Crippen molar-refractivity contribution in [2.45, 2.75) is 116 Å². The standard InChI is InChI=1S/C36H49Br2N/c1-2-3-4-5-6-7-8-9-10-11-12-13-14-15-16-17-18-31-19-25-34(26-20-31)39(35-27-21-32(37)22-28-35)36-29-23-33(38)24-30-36/h19-30H,2-18H2,1H3. The van der Waals surface area contributed by atoms with Gasteiger partial charge in [-0.25, -0.2) is 0 Å². The van der Waals surface area contributed by atoms with Crippen LogP contribution in [0.3, 0.4) is 0 Å². The molecule has 39 heavy (non-hydrogen) atoms. The summed E-state index contributed by atoms with van der Waals surface area (Å²) in [4.78, 5) is 2.32. The van der Waals surface area contributed by atoms with Crippen molar-refractivity contribution in [1.82, 2.24) is 0 Å². The first kappa shape index (κ1) is 31.9. The highest BCUT2D eigenvalue weighted by Crippen LogP contribution is 2.35. The maximum absolute atomic E-state index is 3.57. The fourth-order valence-corrected chi connectivity index (χ4v) is 5.85. The second-order valence-corrected chi connectivity index (χ2v) is 12.8. The summed E-state index contributed by atoms with van der Waals surface area (Å²) in [6.45, 7) is 2.30. The van der Waals surface area contributed by atoms with Gasteiger partial charge in [-0.1, -0.05) is 147 Å². The summed E-state index contributed by atoms with van der Waals surface area (Å²) in [5, 5.41) is 0. The highest BCUT2D eigenvalue weighted by atomic mass is 79.9. The SMILES string of the molecule is CCCCCCCCCCCCCCCCCCc1ccc(N(c2ccc(Br)cc2)c2ccc(Br)cc2)cc1. The Kier molecular flexibility index (Phi) is 16.0. The van der Waals surface area contributed by atoms with Crippen LogP contribution in [0.25, 0.3) is 0 Å². The van der Waals surface area contributed by atoms with Crippen LogP contribution in [0.15, 0.2) is 81.7 Å². The predicted octanol–water partition coefficient (Wildman–Crippen LogP) is 13.5. The van der Waals surface area contributed by atoms with Gasteiger partial charge in [0.05, 0.1) is 0 Å². The van der Waals surface area contributed by atoms with Crippen molar-refractivity contribution < 1.29 is 0 Å². The number of halogens is 2. The summed E-state index contributed by atoms with van der Waals surface area (Å²) < 4.78 is 2.19. The van der Waals surface area contributed by atoms with Gasteiger partial charge < -0.3 is 4.90 Å². The van der Waals surface area contributed by atoms with E-state index in [2.05, 4.69) is 116 Å². The molecule has 3 heteroatoms. The number of anilines is 3. The van der Waals surface area contributed by atoms with E-state index in [0.717, 1.165) is 20.3 Å². The van der Waals surface area contributed by atoms with Gasteiger partial charge in [0.25, 0.3) is 0 Å². The first-order valence-corrected chi connectivity index (χ1v) is 17.2. The maximum atomic E-state index is 3.57. The van der Waals surface area contributed by atoms with Gasteiger partial charge in [0.15, 0.2) is 0 Å². The third-order valence-electron chi connectivity index (χ3n) is 7.68. The van der Waals surface area contributed by atoms with Crippen molar-refractivity contribution in [1.29, 1.82) is 0 Å². The molecule has 0 fully saturated rings. The summed E-state index contributed by atoms with van der Waals surface area (Å²) in [6.07, 6.45) is 23.9. The third-order valence-corrected chi connectivity index (χ3v) is 8.74. The van der Waals surface area contributed by atoms with Crippen LogP contribution in [0.2, 0.25) is 0 Å². The molecule has 1 nitrogen and oxygen atoms in total. The van der Waals surface area contributed by atoms with E-state index in [1.54, 1.807) is 0 Å². The smallest absolute Gasteiger partial charge is 0.0462 e. The zero-order valence-corrected chi connectivity index (χ0v) is 27.3. The van der Waals surface area contributed by atoms with E-state index in [9.17, 15) is 0 Å². The van der Waals surface area contributed by atoms with Crippen LogP contribution in [0.1, 0.15) is 115 Å². The Morgan fingerprint density at radius 3 is 1.08 bits per heavy atom. The Morgan fingerprint density at radius 2 is 0.718 bits per heavy atom. The number of nitrogens with zero attached hydrogens (tertiary/aromatic N) is 1. The van der Waals surface area contributed by atoms with E-state index >= 15 is 0 Å². The number of hydrogen-bond donors (Lipinski definition) is 0. The van der Waals surface area contributed by atoms with Crippen LogP contribution in [0.4, 0.5) is 17.1 Å². The van der Waals surface area contributed by atoms with Crippen LogP contribution in [0.5, 0.6) is 0 Å². The molecule has 0 saturated carbocycles. The third kappa shape index (κ3) is 12.6. The quantitative estimate of drug-likeness (QED) is 0.110. The van der Waals surface area contributed by atoms with Crippen molar-refractivity contribution in [3.05, 3.63) is 87.3 Å². The van der Waals surface area contributed by atoms with Gasteiger partial charge in [-0.05, 0) is 79.1 Å². The second-order valence-electron chi connectivity index (χ2n) is 11.0. The topological polar surface area (TPSA) is 3.24 Å². The molecule has 0 aliphatic carbocycles. The summed E-state index contributed by atoms with van der Waals surface area (Å²) in [5.41, 5.74) is 4.95. The molecule has 0 N–H and O–H groups in total. The number of unbranched alkanes of at least 4 members (excludes halogenated alkanes) is 15. The summed E-state index contributed by atoms with van der Waals surface area (Å²) in [6, 6.07) is 26.2. The predicted molar refractivity (Wildman–Crippen MR) is 180 cm³/mol. The fourth-order valence-electron chi connectivity index (χ4n) is 5.32. The van der Waals surface area contributed by atoms with Crippen molar-refractivity contribution in [2.75, 3.05) is 4.90 Å². The molecule has 0 spiro atoms. The molecule has 0 aromatic heterocycles. The van der Waals surface area contributed by atoms with Gasteiger partial charge in [-0.15, -0.1) is 0 Å². The molecule has 0 amide bonds. The first-order valence-electron chi connectivity index (χ1n) is 15.6. The minimum Gasteiger partial charge on any atom is -0.311 e. The van der Waals surface area contributed by atoms with Crippen molar-refractivity contribution in [3.8, 4) is 0 Å². The molecule has 0 unspecified atom stereocenters. The van der Waals surface area contributed by atoms with E-state index < -0.39 is 0 Å². The Morgan fingerprint density at radius 1 is 0.410 bits per heavy atom. The summed E-state index contributed by atoms with van der Waals surface area (Å²) in [5.74, 6) is 0. The lowest BCUT2D eigenvalue weighted by molar-refractivity contribution is 0.529. The van der Waals surface area contributed by atoms with E-state index in [1.807, 2.05) is 0 Å². The molecule has 3 aromatic rings. The Labute approximate surface area is 256 Å². The van der Waals surface area contributed by atoms with Gasteiger partial charge >= 0.3 is 0 Å². The number of hydrogen-bond acceptors (Lipinski definition) is 1. The molecule has 0 aliphatic rings. The lowest BCUT2D eigenvalue weighted by Crippen LogP contribution is -2.09. The highest BCUT2D eigenvalue weighted by Gasteiger charge is 2.12. The normalized spacial score (nSPS) is 11.2. The molecular weight excluding hydrogens is 606 g/mol. The average Bonchev–Trinajstić information content (AvgIpc) is 2.96. The maximum Gasteiger partial charge on any atom is 0.0462 e. The highest BCUT2D eigenvalue weighted by molar-refractivity contribution is 9.10. The molecular formula is C36H49Br2N. The molecule has 0 bridgehead atoms. The minimum absolute atomic E-state index is 1.09. The lowest BCUT2D eigenvalue weighted by atomic mass is 10.0. The van der Waals surface area contributed by atoms with Crippen molar-refractivity contribution in [3.63, 3.8) is 0 Å². The van der Waals surface area contributed by atoms with Gasteiger partial charge in [0.2, 0.25) is 0 Å². The number of aryl methyl sites for hydroxylation is 1. The molecule has 3 rings (SSSR count). The Hall–Kier alpha value is -1.58. The minimum atomic E-state index is 1.09. The van der Waals surface area contributed by atoms with Gasteiger partial charge in [-0.3, -0.25) is 0 Å². The molecule has 0 saturated heterocycles. The lowest BCUT2D eigenvalue weighted by Gasteiger charge is -2.25. The Bertz CT molecular complexity index is 966. The van der Waals surface area contributed by atoms with Crippen LogP contribution in [0, 0.1) is 0 Å². The number of benzene rings is 3. The molecule has 0 atom stereocenters. The van der Waals surface area contributed by atoms with E-state index in [1.165, 1.54) is 120 Å². The molecule has 0 heterocycles. The summed E-state index contributed by atoms with van der Waals surface area (Å²) in [7, 11) is 0. The first-order chi connectivity index (χ1) is 19.2. The van der Waals surface area contributed by atoms with E-state index in [-0.39, 0.29) is 0 Å². The van der Waals surface area contributed by atoms with Crippen LogP contribution in [-0.4, -0.2) is 0 Å². The van der Waals surface area contributed by atoms with Gasteiger partial charge in [0, 0.05) is 26.0 Å². The van der Waals surface area contributed by atoms with Gasteiger partial charge in [-0.2, -0.15) is 0 Å². The average molecular weight is 656 g/mol. The van der Waals surface area contributed by atoms with E-state index in [0.29, 0.717) is 0 Å². The van der Waals surface area contributed by atoms with Crippen molar-refractivity contribution >= 4 is 48.9 Å². The zero-order chi connectivity index (χ0) is 27.5. The second kappa shape index (κ2) is 19.5. The van der Waals surface area contributed by atoms with E-state index in [4.69, 9.17) is 0 Å². The van der Waals surface area contributed by atoms with Crippen LogP contribution < -0.4 is 4.90 Å². The molecule has 3 aromatic carbocycles. The monoisotopic (exact) mass is 653 g/mol. The molecule has 0 radical (unpaired) electrons. The fraction of sp³-hybridized carbons (Fsp3) is 0.500. The van der Waals surface area contributed by atoms with Crippen molar-refractivity contribution in [2.24, 2.45) is 0 Å². The molecule has 0 aliphatic heterocycles. The largest absolute Gasteiger partial charge is 0.311 e. The van der Waals surface area contributed by atoms with Crippen LogP contribution >= 0.6 is 31.9 Å².